The third-order valence-electron chi connectivity index (χ3n) is 6.53. The molecular weight excluding hydrogens is 628 g/mol. The van der Waals surface area contributed by atoms with Gasteiger partial charge in [-0.15, -0.1) is 11.8 Å². The largest absolute Gasteiger partial charge is 0.504 e. The molecule has 2 amide bonds. The molecule has 4 heterocycles. The van der Waals surface area contributed by atoms with E-state index in [1.54, 1.807) is 23.0 Å². The minimum absolute atomic E-state index is 0.00325. The fourth-order valence-electron chi connectivity index (χ4n) is 4.43. The number of aromatic hydroxyl groups is 2. The average Bonchev–Trinajstić information content (AvgIpc) is 3.28. The summed E-state index contributed by atoms with van der Waals surface area (Å²) in [6.45, 7) is 1.30. The number of amides is 2. The third-order valence-corrected chi connectivity index (χ3v) is 8.96. The summed E-state index contributed by atoms with van der Waals surface area (Å²) >= 11 is 8.21. The zero-order valence-corrected chi connectivity index (χ0v) is 24.3. The standard InChI is InChI=1S/C25H21ClN6O9S2/c1-9(23(37)38)41-30-16(15-19(26)43-25(27)29-15)20(35)28-17-21(36)32-18(24(39)40)12(8-42-22(17)32)7-31-3-2-10-4-13(33)14(34)5-11(10)6-31/h2-6,9,17,22H,7-8H2,1H3,(H6,27,28,29,34,35,37,38,39,40)/p+1/b30-16-/t9-,17+,22?/m0/s1. The van der Waals surface area contributed by atoms with Crippen molar-refractivity contribution in [1.82, 2.24) is 15.2 Å². The number of anilines is 1. The van der Waals surface area contributed by atoms with E-state index in [0.717, 1.165) is 16.2 Å². The van der Waals surface area contributed by atoms with Gasteiger partial charge in [0.25, 0.3) is 11.8 Å². The molecule has 1 aromatic carbocycles. The Balaban J connectivity index is 1.37. The van der Waals surface area contributed by atoms with E-state index in [2.05, 4.69) is 15.5 Å². The number of nitrogens with zero attached hydrogens (tertiary/aromatic N) is 4. The van der Waals surface area contributed by atoms with E-state index in [0.29, 0.717) is 16.3 Å². The van der Waals surface area contributed by atoms with Gasteiger partial charge in [-0.3, -0.25) is 14.5 Å². The first-order valence-corrected chi connectivity index (χ1v) is 14.5. The Morgan fingerprint density at radius 3 is 2.60 bits per heavy atom. The summed E-state index contributed by atoms with van der Waals surface area (Å²) in [6.07, 6.45) is 1.92. The highest BCUT2D eigenvalue weighted by Crippen LogP contribution is 2.40. The number of carboxylic acid groups (broad SMARTS) is 2. The SMILES string of the molecule is C[C@H](O/N=C(\C(=O)N[C@@H]1C(=O)N2C(C(=O)O)=C(C[n+]3ccc4cc(O)c(O)cc4c3)CSC12)c1nc(N)sc1Cl)C(=O)O. The van der Waals surface area contributed by atoms with Crippen molar-refractivity contribution in [3.8, 4) is 11.5 Å². The van der Waals surface area contributed by atoms with Gasteiger partial charge in [-0.25, -0.2) is 19.1 Å². The molecule has 0 aliphatic carbocycles. The number of thiazole rings is 1. The number of hydrogen-bond acceptors (Lipinski definition) is 12. The van der Waals surface area contributed by atoms with E-state index in [1.165, 1.54) is 30.8 Å². The van der Waals surface area contributed by atoms with Crippen LogP contribution >= 0.6 is 34.7 Å². The Labute approximate surface area is 254 Å². The number of carboxylic acids is 2. The van der Waals surface area contributed by atoms with Crippen LogP contribution in [0, 0.1) is 0 Å². The lowest BCUT2D eigenvalue weighted by Crippen LogP contribution is -2.71. The summed E-state index contributed by atoms with van der Waals surface area (Å²) in [4.78, 5) is 59.9. The van der Waals surface area contributed by atoms with E-state index in [4.69, 9.17) is 27.3 Å². The van der Waals surface area contributed by atoms with E-state index in [-0.39, 0.29) is 44.7 Å². The summed E-state index contributed by atoms with van der Waals surface area (Å²) in [5, 5.41) is 45.3. The highest BCUT2D eigenvalue weighted by Gasteiger charge is 2.55. The van der Waals surface area contributed by atoms with Crippen molar-refractivity contribution in [3.63, 3.8) is 0 Å². The lowest BCUT2D eigenvalue weighted by atomic mass is 10.0. The maximum absolute atomic E-state index is 13.2. The van der Waals surface area contributed by atoms with Crippen molar-refractivity contribution in [2.75, 3.05) is 11.5 Å². The molecule has 2 aliphatic rings. The zero-order valence-electron chi connectivity index (χ0n) is 21.9. The van der Waals surface area contributed by atoms with Crippen LogP contribution in [-0.4, -0.2) is 83.0 Å². The molecule has 15 nitrogen and oxygen atoms in total. The second kappa shape index (κ2) is 11.6. The van der Waals surface area contributed by atoms with Gasteiger partial charge in [0.05, 0.1) is 0 Å². The van der Waals surface area contributed by atoms with E-state index in [1.807, 2.05) is 0 Å². The van der Waals surface area contributed by atoms with Crippen molar-refractivity contribution in [2.24, 2.45) is 5.16 Å². The van der Waals surface area contributed by atoms with Crippen LogP contribution in [0.15, 0.2) is 47.0 Å². The molecule has 0 spiro atoms. The molecule has 2 aliphatic heterocycles. The number of carbonyl (C=O) groups excluding carboxylic acids is 2. The number of aromatic nitrogens is 2. The van der Waals surface area contributed by atoms with Gasteiger partial charge in [-0.2, -0.15) is 0 Å². The Bertz CT molecular complexity index is 1760. The van der Waals surface area contributed by atoms with Crippen molar-refractivity contribution >= 4 is 80.1 Å². The quantitative estimate of drug-likeness (QED) is 0.0623. The molecule has 2 aromatic heterocycles. The average molecular weight is 650 g/mol. The van der Waals surface area contributed by atoms with Crippen molar-refractivity contribution in [3.05, 3.63) is 51.9 Å². The molecule has 3 aromatic rings. The molecule has 1 fully saturated rings. The van der Waals surface area contributed by atoms with E-state index in [9.17, 15) is 34.5 Å². The van der Waals surface area contributed by atoms with Crippen LogP contribution in [0.3, 0.4) is 0 Å². The van der Waals surface area contributed by atoms with Crippen LogP contribution in [0.1, 0.15) is 12.6 Å². The smallest absolute Gasteiger partial charge is 0.352 e. The lowest BCUT2D eigenvalue weighted by molar-refractivity contribution is -0.687. The number of benzene rings is 1. The minimum atomic E-state index is -1.42. The topological polar surface area (TPSA) is 229 Å². The molecule has 7 N–H and O–H groups in total. The van der Waals surface area contributed by atoms with Crippen molar-refractivity contribution in [2.45, 2.75) is 31.0 Å². The number of carbonyl (C=O) groups is 4. The highest BCUT2D eigenvalue weighted by molar-refractivity contribution is 8.00. The molecule has 1 saturated heterocycles. The van der Waals surface area contributed by atoms with Gasteiger partial charge in [-0.1, -0.05) is 28.1 Å². The van der Waals surface area contributed by atoms with Gasteiger partial charge < -0.3 is 36.3 Å². The van der Waals surface area contributed by atoms with Crippen LogP contribution in [0.25, 0.3) is 10.8 Å². The number of pyridine rings is 1. The fourth-order valence-corrected chi connectivity index (χ4v) is 6.69. The summed E-state index contributed by atoms with van der Waals surface area (Å²) < 4.78 is 1.66. The maximum Gasteiger partial charge on any atom is 0.352 e. The number of nitrogen functional groups attached to an aromatic ring is 1. The van der Waals surface area contributed by atoms with Gasteiger partial charge >= 0.3 is 11.9 Å². The number of thioether (sulfide) groups is 1. The Morgan fingerprint density at radius 1 is 1.28 bits per heavy atom. The van der Waals surface area contributed by atoms with E-state index >= 15 is 0 Å². The zero-order chi connectivity index (χ0) is 31.2. The first-order chi connectivity index (χ1) is 20.3. The number of oxime groups is 1. The predicted molar refractivity (Wildman–Crippen MR) is 153 cm³/mol. The first-order valence-electron chi connectivity index (χ1n) is 12.3. The molecule has 3 atom stereocenters. The molecule has 1 unspecified atom stereocenters. The molecule has 0 saturated carbocycles. The van der Waals surface area contributed by atoms with Crippen molar-refractivity contribution < 1.29 is 49.0 Å². The van der Waals surface area contributed by atoms with Crippen molar-refractivity contribution in [1.29, 1.82) is 0 Å². The van der Waals surface area contributed by atoms with Gasteiger partial charge in [0.15, 0.2) is 41.3 Å². The Hall–Kier alpha value is -4.61. The summed E-state index contributed by atoms with van der Waals surface area (Å²) in [5.74, 6) is -4.69. The van der Waals surface area contributed by atoms with Crippen LogP contribution in [0.2, 0.25) is 4.34 Å². The lowest BCUT2D eigenvalue weighted by Gasteiger charge is -2.49. The number of hydrogen-bond donors (Lipinski definition) is 6. The number of phenols is 2. The number of fused-ring (bicyclic) bond motifs is 2. The number of halogens is 1. The number of phenolic OH excluding ortho intramolecular Hbond substituents is 2. The number of aliphatic carboxylic acids is 2. The van der Waals surface area contributed by atoms with Crippen LogP contribution in [0.5, 0.6) is 11.5 Å². The van der Waals surface area contributed by atoms with Crippen LogP contribution in [-0.2, 0) is 30.6 Å². The maximum atomic E-state index is 13.2. The molecule has 0 radical (unpaired) electrons. The molecule has 224 valence electrons. The second-order valence-electron chi connectivity index (χ2n) is 9.41. The fraction of sp³-hybridized carbons (Fsp3) is 0.240. The van der Waals surface area contributed by atoms with Crippen LogP contribution < -0.4 is 15.6 Å². The Kier molecular flexibility index (Phi) is 8.04. The Morgan fingerprint density at radius 2 is 1.98 bits per heavy atom. The van der Waals surface area contributed by atoms with Gasteiger partial charge in [-0.05, 0) is 24.4 Å². The van der Waals surface area contributed by atoms with E-state index < -0.39 is 47.0 Å². The van der Waals surface area contributed by atoms with Gasteiger partial charge in [0.2, 0.25) is 6.10 Å². The highest BCUT2D eigenvalue weighted by atomic mass is 35.5. The molecule has 43 heavy (non-hydrogen) atoms. The second-order valence-corrected chi connectivity index (χ2v) is 12.1. The normalized spacial score (nSPS) is 19.1. The number of β-lactam (4-membered cyclic amide) rings is 1. The van der Waals surface area contributed by atoms with Gasteiger partial charge in [0, 0.05) is 22.8 Å². The summed E-state index contributed by atoms with van der Waals surface area (Å²) in [6, 6.07) is 3.33. The number of nitrogens with two attached hydrogens (primary N) is 1. The molecule has 0 bridgehead atoms. The third kappa shape index (κ3) is 5.73. The summed E-state index contributed by atoms with van der Waals surface area (Å²) in [5.41, 5.74) is 5.20. The predicted octanol–water partition coefficient (Wildman–Crippen LogP) is 0.863. The number of nitrogens with one attached hydrogen (secondary N) is 1. The summed E-state index contributed by atoms with van der Waals surface area (Å²) in [7, 11) is 0. The number of rotatable bonds is 9. The minimum Gasteiger partial charge on any atom is -0.504 e. The van der Waals surface area contributed by atoms with Crippen LogP contribution in [0.4, 0.5) is 5.13 Å². The molecule has 5 rings (SSSR count). The first kappa shape index (κ1) is 29.9. The monoisotopic (exact) mass is 649 g/mol. The molecule has 18 heteroatoms. The molecular formula is C25H22ClN6O9S2+. The van der Waals surface area contributed by atoms with Gasteiger partial charge in [0.1, 0.15) is 27.1 Å².